The van der Waals surface area contributed by atoms with Crippen LogP contribution in [0.3, 0.4) is 0 Å². The van der Waals surface area contributed by atoms with E-state index in [2.05, 4.69) is 44.4 Å². The highest BCUT2D eigenvalue weighted by atomic mass is 127. The second kappa shape index (κ2) is 4.42. The van der Waals surface area contributed by atoms with Gasteiger partial charge in [-0.25, -0.2) is 9.97 Å². The molecule has 0 aromatic carbocycles. The minimum Gasteiger partial charge on any atom is -0.355 e. The van der Waals surface area contributed by atoms with Crippen LogP contribution in [0.5, 0.6) is 0 Å². The van der Waals surface area contributed by atoms with E-state index in [9.17, 15) is 0 Å². The molecule has 1 aromatic rings. The Morgan fingerprint density at radius 3 is 2.57 bits per heavy atom. The van der Waals surface area contributed by atoms with Gasteiger partial charge in [-0.2, -0.15) is 0 Å². The van der Waals surface area contributed by atoms with Crippen molar-refractivity contribution in [2.45, 2.75) is 19.8 Å². The second-order valence-corrected chi connectivity index (χ2v) is 4.97. The fourth-order valence-corrected chi connectivity index (χ4v) is 1.98. The van der Waals surface area contributed by atoms with Gasteiger partial charge in [0.15, 0.2) is 0 Å². The van der Waals surface area contributed by atoms with Crippen molar-refractivity contribution in [3.63, 3.8) is 0 Å². The predicted octanol–water partition coefficient (Wildman–Crippen LogP) is 2.32. The highest BCUT2D eigenvalue weighted by Crippen LogP contribution is 2.20. The Kier molecular flexibility index (Phi) is 3.20. The Hall–Kier alpha value is -0.390. The number of rotatable bonds is 1. The van der Waals surface area contributed by atoms with Crippen LogP contribution in [0.4, 0.5) is 5.82 Å². The molecule has 0 aliphatic carbocycles. The van der Waals surface area contributed by atoms with Gasteiger partial charge >= 0.3 is 0 Å². The molecule has 4 heteroatoms. The van der Waals surface area contributed by atoms with Gasteiger partial charge in [0.2, 0.25) is 0 Å². The largest absolute Gasteiger partial charge is 0.355 e. The molecular formula is C10H14IN3. The maximum Gasteiger partial charge on any atom is 0.147 e. The first-order chi connectivity index (χ1) is 6.75. The molecule has 1 aromatic heterocycles. The van der Waals surface area contributed by atoms with Crippen LogP contribution in [0.1, 0.15) is 19.8 Å². The molecule has 0 saturated carbocycles. The maximum absolute atomic E-state index is 4.38. The minimum atomic E-state index is 0.864. The van der Waals surface area contributed by atoms with Crippen LogP contribution in [0.15, 0.2) is 12.4 Å². The van der Waals surface area contributed by atoms with Crippen molar-refractivity contribution in [1.29, 1.82) is 0 Å². The summed E-state index contributed by atoms with van der Waals surface area (Å²) in [7, 11) is 0. The van der Waals surface area contributed by atoms with E-state index in [-0.39, 0.29) is 0 Å². The molecule has 0 unspecified atom stereocenters. The zero-order valence-corrected chi connectivity index (χ0v) is 10.4. The van der Waals surface area contributed by atoms with Crippen LogP contribution in [0.25, 0.3) is 0 Å². The Balaban J connectivity index is 2.05. The fourth-order valence-electron chi connectivity index (χ4n) is 1.71. The predicted molar refractivity (Wildman–Crippen MR) is 65.4 cm³/mol. The van der Waals surface area contributed by atoms with Crippen molar-refractivity contribution in [3.05, 3.63) is 16.1 Å². The smallest absolute Gasteiger partial charge is 0.147 e. The van der Waals surface area contributed by atoms with Gasteiger partial charge in [0.05, 0.1) is 12.4 Å². The lowest BCUT2D eigenvalue weighted by Gasteiger charge is -2.30. The number of aromatic nitrogens is 2. The lowest BCUT2D eigenvalue weighted by molar-refractivity contribution is 0.436. The number of hydrogen-bond acceptors (Lipinski definition) is 3. The first kappa shape index (κ1) is 10.1. The second-order valence-electron chi connectivity index (χ2n) is 3.87. The molecule has 2 rings (SSSR count). The molecule has 1 saturated heterocycles. The van der Waals surface area contributed by atoms with Gasteiger partial charge in [-0.05, 0) is 41.4 Å². The third-order valence-electron chi connectivity index (χ3n) is 2.71. The quantitative estimate of drug-likeness (QED) is 0.746. The first-order valence-corrected chi connectivity index (χ1v) is 6.06. The van der Waals surface area contributed by atoms with E-state index in [1.165, 1.54) is 12.8 Å². The van der Waals surface area contributed by atoms with E-state index in [1.807, 2.05) is 12.4 Å². The number of anilines is 1. The molecule has 0 N–H and O–H groups in total. The summed E-state index contributed by atoms with van der Waals surface area (Å²) in [4.78, 5) is 11.0. The minimum absolute atomic E-state index is 0.864. The first-order valence-electron chi connectivity index (χ1n) is 4.98. The van der Waals surface area contributed by atoms with Crippen LogP contribution >= 0.6 is 22.6 Å². The van der Waals surface area contributed by atoms with E-state index in [4.69, 9.17) is 0 Å². The van der Waals surface area contributed by atoms with E-state index in [1.54, 1.807) is 0 Å². The van der Waals surface area contributed by atoms with E-state index in [0.717, 1.165) is 28.5 Å². The van der Waals surface area contributed by atoms with Gasteiger partial charge in [-0.15, -0.1) is 0 Å². The van der Waals surface area contributed by atoms with Crippen molar-refractivity contribution >= 4 is 28.4 Å². The van der Waals surface area contributed by atoms with Crippen molar-refractivity contribution in [2.75, 3.05) is 18.0 Å². The molecule has 76 valence electrons. The summed E-state index contributed by atoms with van der Waals surface area (Å²) in [6.07, 6.45) is 6.24. The molecule has 1 fully saturated rings. The van der Waals surface area contributed by atoms with Crippen LogP contribution in [-0.2, 0) is 0 Å². The van der Waals surface area contributed by atoms with Crippen LogP contribution in [-0.4, -0.2) is 23.1 Å². The summed E-state index contributed by atoms with van der Waals surface area (Å²) in [5.74, 6) is 1.89. The number of piperidine rings is 1. The molecule has 1 aliphatic heterocycles. The average molecular weight is 303 g/mol. The van der Waals surface area contributed by atoms with E-state index in [0.29, 0.717) is 0 Å². The lowest BCUT2D eigenvalue weighted by Crippen LogP contribution is -2.33. The molecule has 0 spiro atoms. The molecule has 0 amide bonds. The third kappa shape index (κ3) is 2.34. The van der Waals surface area contributed by atoms with Gasteiger partial charge in [0.1, 0.15) is 9.52 Å². The maximum atomic E-state index is 4.38. The molecular weight excluding hydrogens is 289 g/mol. The Morgan fingerprint density at radius 1 is 1.29 bits per heavy atom. The zero-order valence-electron chi connectivity index (χ0n) is 8.28. The Morgan fingerprint density at radius 2 is 2.00 bits per heavy atom. The fraction of sp³-hybridized carbons (Fsp3) is 0.600. The molecule has 0 bridgehead atoms. The molecule has 3 nitrogen and oxygen atoms in total. The molecule has 0 atom stereocenters. The highest BCUT2D eigenvalue weighted by Gasteiger charge is 2.16. The molecule has 2 heterocycles. The van der Waals surface area contributed by atoms with Gasteiger partial charge in [0, 0.05) is 13.1 Å². The van der Waals surface area contributed by atoms with Gasteiger partial charge in [0.25, 0.3) is 0 Å². The molecule has 14 heavy (non-hydrogen) atoms. The highest BCUT2D eigenvalue weighted by molar-refractivity contribution is 14.1. The molecule has 1 aliphatic rings. The topological polar surface area (TPSA) is 29.0 Å². The summed E-state index contributed by atoms with van der Waals surface area (Å²) < 4.78 is 0.955. The standard InChI is InChI=1S/C10H14IN3/c1-8-2-4-14(5-3-8)10-7-12-9(11)6-13-10/h6-8H,2-5H2,1H3. The normalized spacial score (nSPS) is 18.6. The summed E-state index contributed by atoms with van der Waals surface area (Å²) in [6.45, 7) is 4.56. The zero-order chi connectivity index (χ0) is 9.97. The van der Waals surface area contributed by atoms with Crippen molar-refractivity contribution in [2.24, 2.45) is 5.92 Å². The summed E-state index contributed by atoms with van der Waals surface area (Å²) in [5, 5.41) is 0. The third-order valence-corrected chi connectivity index (χ3v) is 3.27. The number of nitrogens with zero attached hydrogens (tertiary/aromatic N) is 3. The summed E-state index contributed by atoms with van der Waals surface area (Å²) in [5.41, 5.74) is 0. The van der Waals surface area contributed by atoms with Crippen LogP contribution < -0.4 is 4.90 Å². The van der Waals surface area contributed by atoms with E-state index >= 15 is 0 Å². The van der Waals surface area contributed by atoms with Gasteiger partial charge in [-0.1, -0.05) is 6.92 Å². The summed E-state index contributed by atoms with van der Waals surface area (Å²) in [6, 6.07) is 0. The Labute approximate surface area is 98.1 Å². The van der Waals surface area contributed by atoms with Crippen molar-refractivity contribution < 1.29 is 0 Å². The number of halogens is 1. The van der Waals surface area contributed by atoms with Gasteiger partial charge < -0.3 is 4.90 Å². The molecule has 0 radical (unpaired) electrons. The number of hydrogen-bond donors (Lipinski definition) is 0. The monoisotopic (exact) mass is 303 g/mol. The van der Waals surface area contributed by atoms with Crippen molar-refractivity contribution in [3.8, 4) is 0 Å². The Bertz CT molecular complexity index is 291. The lowest BCUT2D eigenvalue weighted by atomic mass is 9.99. The van der Waals surface area contributed by atoms with E-state index < -0.39 is 0 Å². The van der Waals surface area contributed by atoms with Gasteiger partial charge in [-0.3, -0.25) is 0 Å². The summed E-state index contributed by atoms with van der Waals surface area (Å²) >= 11 is 2.18. The SMILES string of the molecule is CC1CCN(c2cnc(I)cn2)CC1. The van der Waals surface area contributed by atoms with Crippen LogP contribution in [0, 0.1) is 9.62 Å². The van der Waals surface area contributed by atoms with Crippen molar-refractivity contribution in [1.82, 2.24) is 9.97 Å². The van der Waals surface area contributed by atoms with Crippen LogP contribution in [0.2, 0.25) is 0 Å². The average Bonchev–Trinajstić information content (AvgIpc) is 2.21.